The number of rotatable bonds is 3. The van der Waals surface area contributed by atoms with Crippen molar-refractivity contribution in [3.63, 3.8) is 0 Å². The molecule has 10 heteroatoms. The summed E-state index contributed by atoms with van der Waals surface area (Å²) in [5, 5.41) is 3.21. The van der Waals surface area contributed by atoms with Gasteiger partial charge < -0.3 is 4.52 Å². The zero-order valence-electron chi connectivity index (χ0n) is 9.97. The van der Waals surface area contributed by atoms with E-state index in [0.717, 1.165) is 6.26 Å². The van der Waals surface area contributed by atoms with Gasteiger partial charge in [0.25, 0.3) is 0 Å². The molecule has 0 spiro atoms. The van der Waals surface area contributed by atoms with E-state index in [1.807, 2.05) is 0 Å². The fraction of sp³-hybridized carbons (Fsp3) is 0.200. The van der Waals surface area contributed by atoms with Crippen molar-refractivity contribution >= 4 is 15.7 Å². The van der Waals surface area contributed by atoms with E-state index in [0.29, 0.717) is 0 Å². The number of hydrogen-bond donors (Lipinski definition) is 1. The molecule has 1 aromatic carbocycles. The quantitative estimate of drug-likeness (QED) is 0.939. The van der Waals surface area contributed by atoms with Crippen LogP contribution in [0.3, 0.4) is 0 Å². The van der Waals surface area contributed by atoms with E-state index in [9.17, 15) is 21.6 Å². The predicted octanol–water partition coefficient (Wildman–Crippen LogP) is 2.13. The van der Waals surface area contributed by atoms with E-state index in [1.54, 1.807) is 0 Å². The van der Waals surface area contributed by atoms with Gasteiger partial charge in [-0.2, -0.15) is 18.2 Å². The van der Waals surface area contributed by atoms with E-state index >= 15 is 0 Å². The van der Waals surface area contributed by atoms with Crippen LogP contribution >= 0.6 is 0 Å². The number of hydrogen-bond acceptors (Lipinski definition) is 5. The van der Waals surface area contributed by atoms with Gasteiger partial charge in [-0.3, -0.25) is 4.72 Å². The zero-order chi connectivity index (χ0) is 15.0. The Kier molecular flexibility index (Phi) is 3.42. The van der Waals surface area contributed by atoms with Gasteiger partial charge in [0.2, 0.25) is 15.8 Å². The van der Waals surface area contributed by atoms with Crippen LogP contribution in [-0.4, -0.2) is 24.8 Å². The number of sulfonamides is 1. The van der Waals surface area contributed by atoms with Gasteiger partial charge in [-0.15, -0.1) is 0 Å². The molecule has 2 aromatic rings. The summed E-state index contributed by atoms with van der Waals surface area (Å²) < 4.78 is 65.2. The zero-order valence-corrected chi connectivity index (χ0v) is 10.8. The number of anilines is 1. The van der Waals surface area contributed by atoms with Crippen LogP contribution in [-0.2, 0) is 16.2 Å². The van der Waals surface area contributed by atoms with E-state index in [1.165, 1.54) is 24.3 Å². The molecular weight excluding hydrogens is 299 g/mol. The molecule has 0 unspecified atom stereocenters. The number of benzene rings is 1. The Hall–Kier alpha value is -2.10. The molecule has 0 amide bonds. The third kappa shape index (κ3) is 3.47. The minimum Gasteiger partial charge on any atom is -0.329 e. The van der Waals surface area contributed by atoms with Crippen molar-refractivity contribution in [1.82, 2.24) is 10.1 Å². The van der Waals surface area contributed by atoms with Gasteiger partial charge in [0, 0.05) is 11.3 Å². The fourth-order valence-electron chi connectivity index (χ4n) is 1.36. The van der Waals surface area contributed by atoms with Crippen LogP contribution in [0.15, 0.2) is 28.8 Å². The number of aromatic nitrogens is 2. The summed E-state index contributed by atoms with van der Waals surface area (Å²) in [6, 6.07) is 5.50. The molecule has 0 aliphatic heterocycles. The Morgan fingerprint density at radius 3 is 2.25 bits per heavy atom. The van der Waals surface area contributed by atoms with Gasteiger partial charge in [-0.25, -0.2) is 8.42 Å². The summed E-state index contributed by atoms with van der Waals surface area (Å²) in [5.74, 6) is -1.67. The van der Waals surface area contributed by atoms with Gasteiger partial charge in [-0.05, 0) is 24.3 Å². The van der Waals surface area contributed by atoms with Gasteiger partial charge in [0.1, 0.15) is 0 Å². The molecule has 108 valence electrons. The van der Waals surface area contributed by atoms with E-state index < -0.39 is 22.1 Å². The monoisotopic (exact) mass is 307 g/mol. The molecule has 6 nitrogen and oxygen atoms in total. The Morgan fingerprint density at radius 2 is 1.80 bits per heavy atom. The summed E-state index contributed by atoms with van der Waals surface area (Å²) in [7, 11) is -3.42. The number of nitrogens with one attached hydrogen (secondary N) is 1. The summed E-state index contributed by atoms with van der Waals surface area (Å²) in [6.07, 6.45) is -3.72. The first-order chi connectivity index (χ1) is 9.15. The highest BCUT2D eigenvalue weighted by Crippen LogP contribution is 2.29. The standard InChI is InChI=1S/C10H8F3N3O3S/c1-20(17,18)16-7-4-2-6(3-5-7)8-14-9(19-15-8)10(11,12)13/h2-5,16H,1H3. The van der Waals surface area contributed by atoms with Crippen molar-refractivity contribution in [2.45, 2.75) is 6.18 Å². The van der Waals surface area contributed by atoms with E-state index in [-0.39, 0.29) is 17.1 Å². The highest BCUT2D eigenvalue weighted by molar-refractivity contribution is 7.92. The van der Waals surface area contributed by atoms with Gasteiger partial charge in [-0.1, -0.05) is 5.16 Å². The topological polar surface area (TPSA) is 85.1 Å². The summed E-state index contributed by atoms with van der Waals surface area (Å²) in [4.78, 5) is 3.21. The number of nitrogens with zero attached hydrogens (tertiary/aromatic N) is 2. The maximum absolute atomic E-state index is 12.3. The molecule has 1 heterocycles. The number of alkyl halides is 3. The first kappa shape index (κ1) is 14.3. The van der Waals surface area contributed by atoms with Crippen molar-refractivity contribution in [2.75, 3.05) is 11.0 Å². The van der Waals surface area contributed by atoms with Crippen LogP contribution in [0.25, 0.3) is 11.4 Å². The normalized spacial score (nSPS) is 12.4. The Morgan fingerprint density at radius 1 is 1.20 bits per heavy atom. The lowest BCUT2D eigenvalue weighted by atomic mass is 10.2. The van der Waals surface area contributed by atoms with Crippen molar-refractivity contribution in [3.8, 4) is 11.4 Å². The molecule has 0 bridgehead atoms. The molecule has 0 atom stereocenters. The van der Waals surface area contributed by atoms with E-state index in [4.69, 9.17) is 0 Å². The van der Waals surface area contributed by atoms with Crippen LogP contribution in [0, 0.1) is 0 Å². The lowest BCUT2D eigenvalue weighted by molar-refractivity contribution is -0.159. The van der Waals surface area contributed by atoms with Crippen molar-refractivity contribution < 1.29 is 26.1 Å². The average Bonchev–Trinajstić information content (AvgIpc) is 2.76. The fourth-order valence-corrected chi connectivity index (χ4v) is 1.92. The SMILES string of the molecule is CS(=O)(=O)Nc1ccc(-c2noc(C(F)(F)F)n2)cc1. The van der Waals surface area contributed by atoms with Crippen molar-refractivity contribution in [2.24, 2.45) is 0 Å². The van der Waals surface area contributed by atoms with Crippen molar-refractivity contribution in [3.05, 3.63) is 30.2 Å². The second-order valence-corrected chi connectivity index (χ2v) is 5.62. The molecule has 1 N–H and O–H groups in total. The largest absolute Gasteiger partial charge is 0.471 e. The van der Waals surface area contributed by atoms with Crippen LogP contribution in [0.5, 0.6) is 0 Å². The summed E-state index contributed by atoms with van der Waals surface area (Å²) in [5.41, 5.74) is 0.541. The van der Waals surface area contributed by atoms with Gasteiger partial charge in [0.05, 0.1) is 6.26 Å². The first-order valence-corrected chi connectivity index (χ1v) is 7.03. The maximum Gasteiger partial charge on any atom is 0.471 e. The third-order valence-corrected chi connectivity index (χ3v) is 2.72. The minimum absolute atomic E-state index is 0.233. The molecule has 1 aromatic heterocycles. The molecular formula is C10H8F3N3O3S. The summed E-state index contributed by atoms with van der Waals surface area (Å²) >= 11 is 0. The Labute approximate surface area is 111 Å². The van der Waals surface area contributed by atoms with Crippen LogP contribution < -0.4 is 4.72 Å². The summed E-state index contributed by atoms with van der Waals surface area (Å²) in [6.45, 7) is 0. The molecule has 0 saturated heterocycles. The maximum atomic E-state index is 12.3. The van der Waals surface area contributed by atoms with Gasteiger partial charge >= 0.3 is 12.1 Å². The second kappa shape index (κ2) is 4.78. The minimum atomic E-state index is -4.71. The van der Waals surface area contributed by atoms with Crippen LogP contribution in [0.1, 0.15) is 5.89 Å². The van der Waals surface area contributed by atoms with E-state index in [2.05, 4.69) is 19.4 Å². The Balaban J connectivity index is 2.24. The molecule has 0 saturated carbocycles. The van der Waals surface area contributed by atoms with Gasteiger partial charge in [0.15, 0.2) is 0 Å². The van der Waals surface area contributed by atoms with Crippen molar-refractivity contribution in [1.29, 1.82) is 0 Å². The number of halogens is 3. The highest BCUT2D eigenvalue weighted by atomic mass is 32.2. The lowest BCUT2D eigenvalue weighted by Gasteiger charge is -2.03. The smallest absolute Gasteiger partial charge is 0.329 e. The molecule has 0 radical (unpaired) electrons. The molecule has 2 rings (SSSR count). The second-order valence-electron chi connectivity index (χ2n) is 3.87. The van der Waals surface area contributed by atoms with Crippen LogP contribution in [0.2, 0.25) is 0 Å². The molecule has 0 aliphatic rings. The molecule has 0 fully saturated rings. The average molecular weight is 307 g/mol. The predicted molar refractivity (Wildman–Crippen MR) is 63.2 cm³/mol. The molecule has 0 aliphatic carbocycles. The Bertz CT molecular complexity index is 707. The first-order valence-electron chi connectivity index (χ1n) is 5.14. The lowest BCUT2D eigenvalue weighted by Crippen LogP contribution is -2.09. The third-order valence-electron chi connectivity index (χ3n) is 2.11. The highest BCUT2D eigenvalue weighted by Gasteiger charge is 2.38. The molecule has 20 heavy (non-hydrogen) atoms. The van der Waals surface area contributed by atoms with Crippen LogP contribution in [0.4, 0.5) is 18.9 Å².